The van der Waals surface area contributed by atoms with Gasteiger partial charge in [0, 0.05) is 6.04 Å². The third-order valence-electron chi connectivity index (χ3n) is 2.86. The molecule has 3 nitrogen and oxygen atoms in total. The average molecular weight is 242 g/mol. The molecular weight excluding hydrogens is 228 g/mol. The van der Waals surface area contributed by atoms with Gasteiger partial charge in [0.15, 0.2) is 0 Å². The predicted octanol–water partition coefficient (Wildman–Crippen LogP) is 1.13. The first-order valence-electron chi connectivity index (χ1n) is 5.06. The van der Waals surface area contributed by atoms with Crippen LogP contribution in [0.5, 0.6) is 0 Å². The lowest BCUT2D eigenvalue weighted by Crippen LogP contribution is -2.50. The molecule has 2 atom stereocenters. The molecule has 1 fully saturated rings. The quantitative estimate of drug-likeness (QED) is 0.726. The molecule has 0 aliphatic heterocycles. The molecule has 1 rings (SSSR count). The summed E-state index contributed by atoms with van der Waals surface area (Å²) in [6.07, 6.45) is -1.99. The van der Waals surface area contributed by atoms with Gasteiger partial charge in [-0.2, -0.15) is 8.78 Å². The van der Waals surface area contributed by atoms with Gasteiger partial charge >= 0.3 is 12.3 Å². The topological polar surface area (TPSA) is 55.1 Å². The lowest BCUT2D eigenvalue weighted by atomic mass is 10.0. The summed E-state index contributed by atoms with van der Waals surface area (Å²) in [6.45, 7) is 0.255. The Morgan fingerprint density at radius 2 is 2.06 bits per heavy atom. The third kappa shape index (κ3) is 2.63. The van der Waals surface area contributed by atoms with Crippen LogP contribution in [0.4, 0.5) is 17.6 Å². The summed E-state index contributed by atoms with van der Waals surface area (Å²) < 4.78 is 49.0. The standard InChI is InChI=1S/C9H14F4N2O/c10-7(11)9(12,13)8(16)15-6-3-1-2-5(6)4-14/h5-7H,1-4,14H2,(H,15,16). The van der Waals surface area contributed by atoms with Crippen molar-refractivity contribution in [2.24, 2.45) is 11.7 Å². The van der Waals surface area contributed by atoms with Gasteiger partial charge in [-0.1, -0.05) is 6.42 Å². The van der Waals surface area contributed by atoms with Crippen LogP contribution in [0, 0.1) is 5.92 Å². The Balaban J connectivity index is 2.57. The van der Waals surface area contributed by atoms with E-state index in [1.165, 1.54) is 0 Å². The molecule has 0 aromatic heterocycles. The summed E-state index contributed by atoms with van der Waals surface area (Å²) in [5, 5.41) is 1.95. The lowest BCUT2D eigenvalue weighted by molar-refractivity contribution is -0.170. The summed E-state index contributed by atoms with van der Waals surface area (Å²) in [6, 6.07) is -0.512. The molecule has 0 heterocycles. The number of nitrogens with one attached hydrogen (secondary N) is 1. The fourth-order valence-corrected chi connectivity index (χ4v) is 1.87. The zero-order valence-corrected chi connectivity index (χ0v) is 8.56. The molecule has 7 heteroatoms. The summed E-state index contributed by atoms with van der Waals surface area (Å²) in [4.78, 5) is 10.9. The van der Waals surface area contributed by atoms with E-state index < -0.39 is 24.3 Å². The number of hydrogen-bond donors (Lipinski definition) is 2. The highest BCUT2D eigenvalue weighted by Gasteiger charge is 2.50. The number of alkyl halides is 4. The number of halogens is 4. The maximum absolute atomic E-state index is 12.6. The van der Waals surface area contributed by atoms with E-state index in [2.05, 4.69) is 0 Å². The van der Waals surface area contributed by atoms with Crippen LogP contribution in [0.25, 0.3) is 0 Å². The van der Waals surface area contributed by atoms with Crippen LogP contribution in [0.15, 0.2) is 0 Å². The highest BCUT2D eigenvalue weighted by Crippen LogP contribution is 2.27. The van der Waals surface area contributed by atoms with Crippen molar-refractivity contribution < 1.29 is 22.4 Å². The van der Waals surface area contributed by atoms with Crippen LogP contribution in [0.3, 0.4) is 0 Å². The summed E-state index contributed by atoms with van der Waals surface area (Å²) in [5.74, 6) is -6.63. The van der Waals surface area contributed by atoms with Gasteiger partial charge in [0.05, 0.1) is 0 Å². The van der Waals surface area contributed by atoms with Crippen molar-refractivity contribution in [2.75, 3.05) is 6.54 Å². The van der Waals surface area contributed by atoms with Crippen molar-refractivity contribution in [1.82, 2.24) is 5.32 Å². The van der Waals surface area contributed by atoms with Gasteiger partial charge in [0.25, 0.3) is 5.91 Å². The molecule has 2 unspecified atom stereocenters. The maximum atomic E-state index is 12.6. The molecule has 0 spiro atoms. The average Bonchev–Trinajstić information content (AvgIpc) is 2.64. The number of nitrogens with two attached hydrogens (primary N) is 1. The van der Waals surface area contributed by atoms with E-state index in [0.717, 1.165) is 12.8 Å². The summed E-state index contributed by atoms with van der Waals surface area (Å²) in [5.41, 5.74) is 5.38. The van der Waals surface area contributed by atoms with Crippen molar-refractivity contribution in [2.45, 2.75) is 37.7 Å². The van der Waals surface area contributed by atoms with Gasteiger partial charge < -0.3 is 11.1 Å². The second-order valence-corrected chi connectivity index (χ2v) is 3.93. The van der Waals surface area contributed by atoms with Crippen molar-refractivity contribution in [3.8, 4) is 0 Å². The van der Waals surface area contributed by atoms with Gasteiger partial charge in [-0.15, -0.1) is 0 Å². The number of hydrogen-bond acceptors (Lipinski definition) is 2. The number of rotatable bonds is 4. The minimum absolute atomic E-state index is 0.0996. The minimum atomic E-state index is -4.62. The van der Waals surface area contributed by atoms with Crippen LogP contribution in [0.2, 0.25) is 0 Å². The molecule has 0 bridgehead atoms. The van der Waals surface area contributed by atoms with E-state index in [9.17, 15) is 22.4 Å². The molecule has 0 radical (unpaired) electrons. The minimum Gasteiger partial charge on any atom is -0.348 e. The van der Waals surface area contributed by atoms with Crippen LogP contribution in [0.1, 0.15) is 19.3 Å². The van der Waals surface area contributed by atoms with Crippen molar-refractivity contribution in [3.05, 3.63) is 0 Å². The lowest BCUT2D eigenvalue weighted by Gasteiger charge is -2.22. The highest BCUT2D eigenvalue weighted by molar-refractivity contribution is 5.84. The number of carbonyl (C=O) groups excluding carboxylic acids is 1. The van der Waals surface area contributed by atoms with Crippen molar-refractivity contribution >= 4 is 5.91 Å². The number of amides is 1. The zero-order valence-electron chi connectivity index (χ0n) is 8.56. The van der Waals surface area contributed by atoms with E-state index in [4.69, 9.17) is 5.73 Å². The second-order valence-electron chi connectivity index (χ2n) is 3.93. The van der Waals surface area contributed by atoms with Crippen LogP contribution < -0.4 is 11.1 Å². The predicted molar refractivity (Wildman–Crippen MR) is 49.3 cm³/mol. The Morgan fingerprint density at radius 1 is 1.44 bits per heavy atom. The largest absolute Gasteiger partial charge is 0.383 e. The van der Waals surface area contributed by atoms with E-state index >= 15 is 0 Å². The molecule has 1 aliphatic rings. The molecule has 1 amide bonds. The van der Waals surface area contributed by atoms with E-state index in [0.29, 0.717) is 6.42 Å². The molecule has 1 saturated carbocycles. The smallest absolute Gasteiger partial charge is 0.348 e. The van der Waals surface area contributed by atoms with Gasteiger partial charge in [0.2, 0.25) is 0 Å². The Morgan fingerprint density at radius 3 is 2.56 bits per heavy atom. The van der Waals surface area contributed by atoms with Gasteiger partial charge in [-0.25, -0.2) is 8.78 Å². The molecule has 3 N–H and O–H groups in total. The second kappa shape index (κ2) is 4.99. The SMILES string of the molecule is NCC1CCCC1NC(=O)C(F)(F)C(F)F. The van der Waals surface area contributed by atoms with Crippen LogP contribution >= 0.6 is 0 Å². The molecule has 0 aromatic rings. The first-order valence-corrected chi connectivity index (χ1v) is 5.06. The molecule has 94 valence electrons. The molecule has 16 heavy (non-hydrogen) atoms. The molecule has 0 saturated heterocycles. The fraction of sp³-hybridized carbons (Fsp3) is 0.889. The van der Waals surface area contributed by atoms with Crippen LogP contribution in [-0.2, 0) is 4.79 Å². The van der Waals surface area contributed by atoms with Gasteiger partial charge in [0.1, 0.15) is 0 Å². The van der Waals surface area contributed by atoms with E-state index in [-0.39, 0.29) is 12.5 Å². The highest BCUT2D eigenvalue weighted by atomic mass is 19.3. The van der Waals surface area contributed by atoms with E-state index in [1.54, 1.807) is 0 Å². The third-order valence-corrected chi connectivity index (χ3v) is 2.86. The van der Waals surface area contributed by atoms with E-state index in [1.807, 2.05) is 5.32 Å². The Bertz CT molecular complexity index is 260. The monoisotopic (exact) mass is 242 g/mol. The Hall–Kier alpha value is -0.850. The summed E-state index contributed by atoms with van der Waals surface area (Å²) in [7, 11) is 0. The molecule has 0 aromatic carbocycles. The Labute approximate surface area is 90.4 Å². The van der Waals surface area contributed by atoms with Gasteiger partial charge in [-0.05, 0) is 25.3 Å². The summed E-state index contributed by atoms with van der Waals surface area (Å²) >= 11 is 0. The normalized spacial score (nSPS) is 26.1. The number of carbonyl (C=O) groups is 1. The first-order chi connectivity index (χ1) is 7.39. The van der Waals surface area contributed by atoms with Crippen molar-refractivity contribution in [1.29, 1.82) is 0 Å². The molecule has 1 aliphatic carbocycles. The fourth-order valence-electron chi connectivity index (χ4n) is 1.87. The Kier molecular flexibility index (Phi) is 4.12. The first kappa shape index (κ1) is 13.2. The zero-order chi connectivity index (χ0) is 12.3. The van der Waals surface area contributed by atoms with Crippen molar-refractivity contribution in [3.63, 3.8) is 0 Å². The van der Waals surface area contributed by atoms with Gasteiger partial charge in [-0.3, -0.25) is 4.79 Å². The maximum Gasteiger partial charge on any atom is 0.383 e. The molecular formula is C9H14F4N2O. The van der Waals surface area contributed by atoms with Crippen LogP contribution in [-0.4, -0.2) is 30.8 Å².